The normalized spacial score (nSPS) is 22.0. The number of nitrogens with zero attached hydrogens (tertiary/aromatic N) is 4. The Morgan fingerprint density at radius 1 is 1.43 bits per heavy atom. The van der Waals surface area contributed by atoms with Crippen molar-refractivity contribution < 1.29 is 0 Å². The van der Waals surface area contributed by atoms with Gasteiger partial charge >= 0.3 is 0 Å². The third-order valence-corrected chi connectivity index (χ3v) is 4.82. The lowest BCUT2D eigenvalue weighted by Gasteiger charge is -2.30. The van der Waals surface area contributed by atoms with Crippen molar-refractivity contribution >= 4 is 11.9 Å². The number of hydrogen-bond donors (Lipinski definition) is 2. The van der Waals surface area contributed by atoms with Gasteiger partial charge in [0.15, 0.2) is 5.96 Å². The maximum atomic E-state index is 4.44. The van der Waals surface area contributed by atoms with Crippen molar-refractivity contribution in [3.8, 4) is 0 Å². The molecular weight excluding hydrogens is 288 g/mol. The van der Waals surface area contributed by atoms with Crippen LogP contribution in [0.3, 0.4) is 0 Å². The van der Waals surface area contributed by atoms with Gasteiger partial charge in [0.05, 0.1) is 18.4 Å². The molecule has 1 aromatic rings. The lowest BCUT2D eigenvalue weighted by Crippen LogP contribution is -2.45. The average molecular weight is 320 g/mol. The molecule has 0 amide bonds. The number of aliphatic imine (C=N–C) groups is 1. The molecule has 1 saturated carbocycles. The molecule has 6 nitrogen and oxygen atoms in total. The van der Waals surface area contributed by atoms with Gasteiger partial charge in [-0.05, 0) is 18.8 Å². The molecule has 1 fully saturated rings. The van der Waals surface area contributed by atoms with Crippen LogP contribution in [0.5, 0.6) is 0 Å². The molecule has 6 heteroatoms. The Kier molecular flexibility index (Phi) is 6.30. The molecule has 0 bridgehead atoms. The van der Waals surface area contributed by atoms with Crippen LogP contribution in [-0.2, 0) is 13.6 Å². The van der Waals surface area contributed by atoms with E-state index in [1.807, 2.05) is 39.3 Å². The summed E-state index contributed by atoms with van der Waals surface area (Å²) in [6.45, 7) is 3.02. The van der Waals surface area contributed by atoms with Crippen LogP contribution in [0.1, 0.15) is 44.7 Å². The third kappa shape index (κ3) is 4.62. The molecule has 130 valence electrons. The number of imidazole rings is 1. The highest BCUT2D eigenvalue weighted by molar-refractivity contribution is 5.79. The minimum atomic E-state index is 0.545. The van der Waals surface area contributed by atoms with Crippen molar-refractivity contribution in [2.45, 2.75) is 51.6 Å². The van der Waals surface area contributed by atoms with Gasteiger partial charge in [-0.3, -0.25) is 4.99 Å². The van der Waals surface area contributed by atoms with E-state index in [9.17, 15) is 0 Å². The Morgan fingerprint density at radius 3 is 2.83 bits per heavy atom. The molecule has 1 heterocycles. The highest BCUT2D eigenvalue weighted by Gasteiger charge is 2.21. The Labute approximate surface area is 140 Å². The van der Waals surface area contributed by atoms with Crippen molar-refractivity contribution in [3.63, 3.8) is 0 Å². The average Bonchev–Trinajstić information content (AvgIpc) is 2.92. The van der Waals surface area contributed by atoms with Gasteiger partial charge in [-0.1, -0.05) is 26.2 Å². The zero-order chi connectivity index (χ0) is 16.8. The topological polar surface area (TPSA) is 57.5 Å². The third-order valence-electron chi connectivity index (χ3n) is 4.82. The van der Waals surface area contributed by atoms with Crippen LogP contribution >= 0.6 is 0 Å². The van der Waals surface area contributed by atoms with Crippen LogP contribution in [0.15, 0.2) is 11.2 Å². The SMILES string of the molecule is CCC1CCCC(NC(=NC)NCc2cnc(N(C)C)n2C)C1. The summed E-state index contributed by atoms with van der Waals surface area (Å²) in [5, 5.41) is 7.01. The van der Waals surface area contributed by atoms with Crippen LogP contribution in [0.4, 0.5) is 5.95 Å². The van der Waals surface area contributed by atoms with E-state index in [1.165, 1.54) is 32.1 Å². The molecule has 2 rings (SSSR count). The summed E-state index contributed by atoms with van der Waals surface area (Å²) >= 11 is 0. The summed E-state index contributed by atoms with van der Waals surface area (Å²) in [6, 6.07) is 0.545. The number of guanidine groups is 1. The van der Waals surface area contributed by atoms with Crippen LogP contribution in [0, 0.1) is 5.92 Å². The molecule has 0 saturated heterocycles. The Balaban J connectivity index is 1.88. The number of aromatic nitrogens is 2. The summed E-state index contributed by atoms with van der Waals surface area (Å²) in [7, 11) is 7.90. The Hall–Kier alpha value is -1.72. The summed E-state index contributed by atoms with van der Waals surface area (Å²) < 4.78 is 2.11. The molecule has 23 heavy (non-hydrogen) atoms. The van der Waals surface area contributed by atoms with E-state index < -0.39 is 0 Å². The van der Waals surface area contributed by atoms with Crippen LogP contribution < -0.4 is 15.5 Å². The minimum Gasteiger partial charge on any atom is -0.354 e. The van der Waals surface area contributed by atoms with Gasteiger partial charge in [0.25, 0.3) is 0 Å². The van der Waals surface area contributed by atoms with E-state index in [-0.39, 0.29) is 0 Å². The molecular formula is C17H32N6. The first kappa shape index (κ1) is 17.6. The zero-order valence-electron chi connectivity index (χ0n) is 15.3. The van der Waals surface area contributed by atoms with E-state index in [0.29, 0.717) is 6.04 Å². The molecule has 0 radical (unpaired) electrons. The largest absolute Gasteiger partial charge is 0.354 e. The van der Waals surface area contributed by atoms with Gasteiger partial charge in [0.2, 0.25) is 5.95 Å². The van der Waals surface area contributed by atoms with E-state index in [1.54, 1.807) is 0 Å². The van der Waals surface area contributed by atoms with E-state index >= 15 is 0 Å². The Bertz CT molecular complexity index is 519. The standard InChI is InChI=1S/C17H32N6/c1-6-13-8-7-9-14(10-13)21-16(18-2)19-11-15-12-20-17(22(3)4)23(15)5/h12-14H,6-11H2,1-5H3,(H2,18,19,21). The molecule has 2 unspecified atom stereocenters. The summed E-state index contributed by atoms with van der Waals surface area (Å²) in [4.78, 5) is 10.8. The van der Waals surface area contributed by atoms with Gasteiger partial charge in [-0.25, -0.2) is 4.98 Å². The molecule has 2 N–H and O–H groups in total. The molecule has 1 aliphatic carbocycles. The fraction of sp³-hybridized carbons (Fsp3) is 0.765. The van der Waals surface area contributed by atoms with E-state index in [0.717, 1.165) is 30.1 Å². The Morgan fingerprint density at radius 2 is 2.22 bits per heavy atom. The smallest absolute Gasteiger partial charge is 0.204 e. The predicted molar refractivity (Wildman–Crippen MR) is 96.9 cm³/mol. The summed E-state index contributed by atoms with van der Waals surface area (Å²) in [5.41, 5.74) is 1.15. The monoisotopic (exact) mass is 320 g/mol. The molecule has 0 spiro atoms. The first-order chi connectivity index (χ1) is 11.0. The second-order valence-corrected chi connectivity index (χ2v) is 6.71. The van der Waals surface area contributed by atoms with E-state index in [2.05, 4.69) is 32.1 Å². The molecule has 2 atom stereocenters. The minimum absolute atomic E-state index is 0.545. The number of hydrogen-bond acceptors (Lipinski definition) is 3. The zero-order valence-corrected chi connectivity index (χ0v) is 15.3. The number of anilines is 1. The van der Waals surface area contributed by atoms with Gasteiger partial charge in [-0.2, -0.15) is 0 Å². The maximum absolute atomic E-state index is 4.44. The molecule has 0 aliphatic heterocycles. The summed E-state index contributed by atoms with van der Waals surface area (Å²) in [6.07, 6.45) is 8.40. The molecule has 1 aromatic heterocycles. The van der Waals surface area contributed by atoms with Crippen molar-refractivity contribution in [2.24, 2.45) is 18.0 Å². The number of rotatable bonds is 5. The van der Waals surface area contributed by atoms with E-state index in [4.69, 9.17) is 0 Å². The van der Waals surface area contributed by atoms with Gasteiger partial charge < -0.3 is 20.1 Å². The highest BCUT2D eigenvalue weighted by atomic mass is 15.3. The quantitative estimate of drug-likeness (QED) is 0.644. The highest BCUT2D eigenvalue weighted by Crippen LogP contribution is 2.26. The molecule has 0 aromatic carbocycles. The summed E-state index contributed by atoms with van der Waals surface area (Å²) in [5.74, 6) is 2.71. The van der Waals surface area contributed by atoms with Crippen LogP contribution in [0.2, 0.25) is 0 Å². The van der Waals surface area contributed by atoms with Gasteiger partial charge in [0.1, 0.15) is 0 Å². The van der Waals surface area contributed by atoms with Crippen LogP contribution in [-0.4, -0.2) is 42.7 Å². The maximum Gasteiger partial charge on any atom is 0.204 e. The second kappa shape index (κ2) is 8.22. The molecule has 1 aliphatic rings. The predicted octanol–water partition coefficient (Wildman–Crippen LogP) is 2.12. The second-order valence-electron chi connectivity index (χ2n) is 6.71. The fourth-order valence-corrected chi connectivity index (χ4v) is 3.37. The van der Waals surface area contributed by atoms with Gasteiger partial charge in [-0.15, -0.1) is 0 Å². The van der Waals surface area contributed by atoms with Crippen molar-refractivity contribution in [1.82, 2.24) is 20.2 Å². The lowest BCUT2D eigenvalue weighted by atomic mass is 9.84. The van der Waals surface area contributed by atoms with Crippen molar-refractivity contribution in [3.05, 3.63) is 11.9 Å². The lowest BCUT2D eigenvalue weighted by molar-refractivity contribution is 0.298. The first-order valence-corrected chi connectivity index (χ1v) is 8.70. The van der Waals surface area contributed by atoms with Crippen LogP contribution in [0.25, 0.3) is 0 Å². The van der Waals surface area contributed by atoms with Crippen molar-refractivity contribution in [2.75, 3.05) is 26.0 Å². The number of nitrogens with one attached hydrogen (secondary N) is 2. The van der Waals surface area contributed by atoms with Crippen molar-refractivity contribution in [1.29, 1.82) is 0 Å². The fourth-order valence-electron chi connectivity index (χ4n) is 3.37. The van der Waals surface area contributed by atoms with Gasteiger partial charge in [0, 0.05) is 34.2 Å². The first-order valence-electron chi connectivity index (χ1n) is 8.70.